The second-order valence-electron chi connectivity index (χ2n) is 5.58. The van der Waals surface area contributed by atoms with Crippen LogP contribution in [0.4, 0.5) is 4.39 Å². The minimum Gasteiger partial charge on any atom is -0.347 e. The lowest BCUT2D eigenvalue weighted by atomic mass is 9.74. The molecule has 0 aliphatic heterocycles. The molecule has 0 unspecified atom stereocenters. The maximum atomic E-state index is 14.0. The minimum absolute atomic E-state index is 0.181. The normalized spacial score (nSPS) is 17.1. The van der Waals surface area contributed by atoms with Gasteiger partial charge in [-0.2, -0.15) is 0 Å². The van der Waals surface area contributed by atoms with Crippen LogP contribution < -0.4 is 10.5 Å². The largest absolute Gasteiger partial charge is 0.347 e. The van der Waals surface area contributed by atoms with Crippen LogP contribution in [0.1, 0.15) is 48.5 Å². The van der Waals surface area contributed by atoms with Crippen LogP contribution in [-0.4, -0.2) is 19.9 Å². The fourth-order valence-corrected chi connectivity index (χ4v) is 3.40. The molecule has 1 aliphatic carbocycles. The number of nitrogens with one attached hydrogen (secondary N) is 1. The minimum atomic E-state index is -3.99. The maximum Gasteiger partial charge on any atom is 0.254 e. The summed E-state index contributed by atoms with van der Waals surface area (Å²) in [5.41, 5.74) is -0.402. The number of hydrogen-bond acceptors (Lipinski definition) is 3. The Morgan fingerprint density at radius 1 is 1.43 bits per heavy atom. The van der Waals surface area contributed by atoms with Crippen LogP contribution in [0, 0.1) is 12.7 Å². The van der Waals surface area contributed by atoms with E-state index in [0.29, 0.717) is 0 Å². The van der Waals surface area contributed by atoms with Gasteiger partial charge in [-0.25, -0.2) is 17.9 Å². The highest BCUT2D eigenvalue weighted by atomic mass is 32.2. The summed E-state index contributed by atoms with van der Waals surface area (Å²) in [5.74, 6) is -1.35. The molecule has 1 amide bonds. The van der Waals surface area contributed by atoms with Gasteiger partial charge in [-0.05, 0) is 50.3 Å². The summed E-state index contributed by atoms with van der Waals surface area (Å²) < 4.78 is 36.9. The van der Waals surface area contributed by atoms with E-state index in [1.165, 1.54) is 6.92 Å². The number of amides is 1. The molecule has 2 rings (SSSR count). The number of carbonyl (C=O) groups excluding carboxylic acids is 1. The quantitative estimate of drug-likeness (QED) is 0.888. The molecular weight excluding hydrogens is 295 g/mol. The molecule has 0 heterocycles. The second kappa shape index (κ2) is 5.38. The summed E-state index contributed by atoms with van der Waals surface area (Å²) in [5, 5.41) is 7.91. The first kappa shape index (κ1) is 15.9. The third-order valence-corrected chi connectivity index (χ3v) is 5.23. The van der Waals surface area contributed by atoms with Crippen molar-refractivity contribution in [3.05, 3.63) is 29.1 Å². The van der Waals surface area contributed by atoms with Crippen molar-refractivity contribution in [3.8, 4) is 0 Å². The number of benzene rings is 1. The molecule has 21 heavy (non-hydrogen) atoms. The molecule has 1 aromatic rings. The Labute approximate surface area is 123 Å². The van der Waals surface area contributed by atoms with Gasteiger partial charge in [0.05, 0.1) is 10.5 Å². The van der Waals surface area contributed by atoms with Gasteiger partial charge in [0.15, 0.2) is 0 Å². The molecule has 1 aliphatic rings. The van der Waals surface area contributed by atoms with Crippen molar-refractivity contribution in [3.63, 3.8) is 0 Å². The van der Waals surface area contributed by atoms with E-state index in [4.69, 9.17) is 5.14 Å². The molecule has 1 aromatic carbocycles. The third-order valence-electron chi connectivity index (χ3n) is 4.18. The van der Waals surface area contributed by atoms with Crippen molar-refractivity contribution in [1.82, 2.24) is 5.32 Å². The summed E-state index contributed by atoms with van der Waals surface area (Å²) in [6.45, 7) is 3.39. The smallest absolute Gasteiger partial charge is 0.254 e. The third kappa shape index (κ3) is 3.08. The van der Waals surface area contributed by atoms with Crippen molar-refractivity contribution in [2.24, 2.45) is 5.14 Å². The molecule has 1 saturated carbocycles. The monoisotopic (exact) mass is 314 g/mol. The van der Waals surface area contributed by atoms with Gasteiger partial charge in [0.1, 0.15) is 5.82 Å². The van der Waals surface area contributed by atoms with E-state index in [1.54, 1.807) is 0 Å². The predicted octanol–water partition coefficient (Wildman–Crippen LogP) is 1.84. The second-order valence-corrected chi connectivity index (χ2v) is 7.11. The molecule has 1 fully saturated rings. The summed E-state index contributed by atoms with van der Waals surface area (Å²) >= 11 is 0. The van der Waals surface area contributed by atoms with Gasteiger partial charge in [-0.3, -0.25) is 4.79 Å². The standard InChI is InChI=1S/C14H19FN2O3S/c1-3-14(5-4-6-14)17-13(18)10-8-12(21(16,19)20)9(2)7-11(10)15/h7-8H,3-6H2,1-2H3,(H,17,18)(H2,16,19,20). The number of carbonyl (C=O) groups is 1. The first-order valence-corrected chi connectivity index (χ1v) is 8.39. The van der Waals surface area contributed by atoms with Crippen LogP contribution >= 0.6 is 0 Å². The lowest BCUT2D eigenvalue weighted by molar-refractivity contribution is 0.0816. The van der Waals surface area contributed by atoms with Crippen molar-refractivity contribution >= 4 is 15.9 Å². The summed E-state index contributed by atoms with van der Waals surface area (Å²) in [7, 11) is -3.99. The highest BCUT2D eigenvalue weighted by Gasteiger charge is 2.37. The number of primary sulfonamides is 1. The van der Waals surface area contributed by atoms with E-state index >= 15 is 0 Å². The number of halogens is 1. The molecule has 0 atom stereocenters. The molecule has 116 valence electrons. The maximum absolute atomic E-state index is 14.0. The Kier molecular flexibility index (Phi) is 4.08. The summed E-state index contributed by atoms with van der Waals surface area (Å²) in [6.07, 6.45) is 3.48. The van der Waals surface area contributed by atoms with Gasteiger partial charge >= 0.3 is 0 Å². The number of hydrogen-bond donors (Lipinski definition) is 2. The van der Waals surface area contributed by atoms with Gasteiger partial charge in [0.2, 0.25) is 10.0 Å². The Morgan fingerprint density at radius 3 is 2.48 bits per heavy atom. The van der Waals surface area contributed by atoms with E-state index in [2.05, 4.69) is 5.32 Å². The Bertz CT molecular complexity index is 676. The van der Waals surface area contributed by atoms with Gasteiger partial charge < -0.3 is 5.32 Å². The average Bonchev–Trinajstić information content (AvgIpc) is 2.31. The van der Waals surface area contributed by atoms with Gasteiger partial charge in [0, 0.05) is 5.54 Å². The van der Waals surface area contributed by atoms with Crippen LogP contribution in [0.3, 0.4) is 0 Å². The number of aryl methyl sites for hydroxylation is 1. The molecule has 3 N–H and O–H groups in total. The van der Waals surface area contributed by atoms with Crippen LogP contribution in [0.15, 0.2) is 17.0 Å². The van der Waals surface area contributed by atoms with Gasteiger partial charge in [-0.15, -0.1) is 0 Å². The van der Waals surface area contributed by atoms with Crippen LogP contribution in [-0.2, 0) is 10.0 Å². The van der Waals surface area contributed by atoms with Crippen LogP contribution in [0.25, 0.3) is 0 Å². The molecule has 0 saturated heterocycles. The zero-order chi connectivity index (χ0) is 15.8. The zero-order valence-corrected chi connectivity index (χ0v) is 12.9. The van der Waals surface area contributed by atoms with Crippen LogP contribution in [0.2, 0.25) is 0 Å². The molecule has 0 spiro atoms. The fraction of sp³-hybridized carbons (Fsp3) is 0.500. The number of sulfonamides is 1. The topological polar surface area (TPSA) is 89.3 Å². The number of rotatable bonds is 4. The molecular formula is C14H19FN2O3S. The molecule has 0 radical (unpaired) electrons. The predicted molar refractivity (Wildman–Crippen MR) is 76.8 cm³/mol. The zero-order valence-electron chi connectivity index (χ0n) is 12.1. The Hall–Kier alpha value is -1.47. The highest BCUT2D eigenvalue weighted by Crippen LogP contribution is 2.35. The Balaban J connectivity index is 2.37. The number of nitrogens with two attached hydrogens (primary N) is 1. The van der Waals surface area contributed by atoms with Gasteiger partial charge in [-0.1, -0.05) is 6.92 Å². The van der Waals surface area contributed by atoms with Gasteiger partial charge in [0.25, 0.3) is 5.91 Å². The van der Waals surface area contributed by atoms with E-state index in [9.17, 15) is 17.6 Å². The first-order chi connectivity index (χ1) is 9.68. The van der Waals surface area contributed by atoms with E-state index < -0.39 is 21.7 Å². The lowest BCUT2D eigenvalue weighted by Gasteiger charge is -2.42. The molecule has 0 aromatic heterocycles. The van der Waals surface area contributed by atoms with E-state index in [-0.39, 0.29) is 21.6 Å². The van der Waals surface area contributed by atoms with Crippen molar-refractivity contribution in [2.45, 2.75) is 50.0 Å². The van der Waals surface area contributed by atoms with Crippen molar-refractivity contribution in [2.75, 3.05) is 0 Å². The summed E-state index contributed by atoms with van der Waals surface area (Å²) in [6, 6.07) is 2.03. The average molecular weight is 314 g/mol. The first-order valence-electron chi connectivity index (χ1n) is 6.84. The fourth-order valence-electron chi connectivity index (χ4n) is 2.61. The van der Waals surface area contributed by atoms with E-state index in [0.717, 1.165) is 37.8 Å². The van der Waals surface area contributed by atoms with Crippen molar-refractivity contribution in [1.29, 1.82) is 0 Å². The van der Waals surface area contributed by atoms with Crippen molar-refractivity contribution < 1.29 is 17.6 Å². The molecule has 0 bridgehead atoms. The summed E-state index contributed by atoms with van der Waals surface area (Å²) in [4.78, 5) is 12.0. The molecule has 7 heteroatoms. The lowest BCUT2D eigenvalue weighted by Crippen LogP contribution is -2.53. The Morgan fingerprint density at radius 2 is 2.05 bits per heavy atom. The highest BCUT2D eigenvalue weighted by molar-refractivity contribution is 7.89. The van der Waals surface area contributed by atoms with E-state index in [1.807, 2.05) is 6.92 Å². The van der Waals surface area contributed by atoms with Crippen LogP contribution in [0.5, 0.6) is 0 Å². The molecule has 5 nitrogen and oxygen atoms in total. The SMILES string of the molecule is CCC1(NC(=O)c2cc(S(N)(=O)=O)c(C)cc2F)CCC1.